The van der Waals surface area contributed by atoms with Crippen LogP contribution in [0.1, 0.15) is 91.1 Å². The van der Waals surface area contributed by atoms with E-state index < -0.39 is 0 Å². The molecule has 7 aromatic carbocycles. The zero-order valence-corrected chi connectivity index (χ0v) is 32.6. The van der Waals surface area contributed by atoms with Crippen LogP contribution < -0.4 is 5.32 Å². The number of aliphatic imine (C=N–C) groups is 2. The van der Waals surface area contributed by atoms with Crippen LogP contribution in [0.2, 0.25) is 0 Å². The third-order valence-electron chi connectivity index (χ3n) is 13.4. The lowest BCUT2D eigenvalue weighted by Gasteiger charge is -2.36. The van der Waals surface area contributed by atoms with Gasteiger partial charge in [-0.2, -0.15) is 0 Å². The molecule has 1 spiro atoms. The number of rotatable bonds is 5. The number of nitrogens with one attached hydrogen (secondary N) is 1. The maximum Gasteiger partial charge on any atom is 0.159 e. The fourth-order valence-corrected chi connectivity index (χ4v) is 10.4. The first kappa shape index (κ1) is 34.0. The van der Waals surface area contributed by atoms with Crippen LogP contribution in [-0.2, 0) is 10.8 Å². The number of benzene rings is 7. The van der Waals surface area contributed by atoms with Gasteiger partial charge in [-0.3, -0.25) is 0 Å². The predicted octanol–water partition coefficient (Wildman–Crippen LogP) is 13.1. The second-order valence-electron chi connectivity index (χ2n) is 16.9. The molecule has 1 atom stereocenters. The second kappa shape index (κ2) is 13.1. The molecule has 7 aromatic rings. The first-order valence-electron chi connectivity index (χ1n) is 20.6. The number of amidine groups is 2. The fraction of sp³-hybridized carbons (Fsp3) is 0.185. The molecule has 1 heterocycles. The largest absolute Gasteiger partial charge is 0.344 e. The number of hydrogen-bond acceptors (Lipinski definition) is 3. The molecule has 0 aromatic heterocycles. The average molecular weight is 736 g/mol. The highest BCUT2D eigenvalue weighted by molar-refractivity contribution is 6.13. The van der Waals surface area contributed by atoms with Gasteiger partial charge in [-0.25, -0.2) is 9.98 Å². The summed E-state index contributed by atoms with van der Waals surface area (Å²) in [6.45, 7) is 4.81. The number of nitrogens with zero attached hydrogens (tertiary/aromatic N) is 2. The Hall–Kier alpha value is -6.32. The highest BCUT2D eigenvalue weighted by atomic mass is 15.2. The molecule has 4 aliphatic rings. The predicted molar refractivity (Wildman–Crippen MR) is 236 cm³/mol. The van der Waals surface area contributed by atoms with E-state index in [2.05, 4.69) is 177 Å². The van der Waals surface area contributed by atoms with E-state index in [4.69, 9.17) is 9.98 Å². The van der Waals surface area contributed by atoms with Crippen LogP contribution in [0.25, 0.3) is 44.5 Å². The second-order valence-corrected chi connectivity index (χ2v) is 16.9. The lowest BCUT2D eigenvalue weighted by atomic mass is 9.67. The van der Waals surface area contributed by atoms with Crippen LogP contribution in [0.3, 0.4) is 0 Å². The number of hydrogen-bond donors (Lipinski definition) is 1. The zero-order valence-electron chi connectivity index (χ0n) is 32.6. The Labute approximate surface area is 335 Å². The van der Waals surface area contributed by atoms with Crippen molar-refractivity contribution in [2.45, 2.75) is 62.9 Å². The van der Waals surface area contributed by atoms with Gasteiger partial charge < -0.3 is 5.32 Å². The lowest BCUT2D eigenvalue weighted by Crippen LogP contribution is -2.33. The van der Waals surface area contributed by atoms with Gasteiger partial charge >= 0.3 is 0 Å². The summed E-state index contributed by atoms with van der Waals surface area (Å²) in [6.07, 6.45) is 6.18. The molecule has 0 amide bonds. The minimum atomic E-state index is -0.265. The van der Waals surface area contributed by atoms with Crippen molar-refractivity contribution >= 4 is 11.7 Å². The van der Waals surface area contributed by atoms with Crippen molar-refractivity contribution in [1.29, 1.82) is 0 Å². The molecule has 0 bridgehead atoms. The van der Waals surface area contributed by atoms with E-state index in [9.17, 15) is 0 Å². The first-order valence-corrected chi connectivity index (χ1v) is 20.6. The molecule has 11 rings (SSSR count). The van der Waals surface area contributed by atoms with Gasteiger partial charge in [0.2, 0.25) is 0 Å². The summed E-state index contributed by atoms with van der Waals surface area (Å²) in [7, 11) is 0. The normalized spacial score (nSPS) is 18.1. The fourth-order valence-electron chi connectivity index (χ4n) is 10.4. The maximum absolute atomic E-state index is 5.19. The molecule has 1 fully saturated rings. The minimum absolute atomic E-state index is 0.0701. The van der Waals surface area contributed by atoms with Crippen molar-refractivity contribution < 1.29 is 0 Å². The van der Waals surface area contributed by atoms with E-state index in [1.54, 1.807) is 11.1 Å². The van der Waals surface area contributed by atoms with Gasteiger partial charge in [0, 0.05) is 22.0 Å². The number of fused-ring (bicyclic) bond motifs is 8. The van der Waals surface area contributed by atoms with E-state index in [1.165, 1.54) is 87.7 Å². The molecule has 1 aliphatic heterocycles. The Kier molecular flexibility index (Phi) is 7.83. The van der Waals surface area contributed by atoms with Gasteiger partial charge in [0.05, 0.1) is 0 Å². The van der Waals surface area contributed by atoms with Crippen molar-refractivity contribution in [3.63, 3.8) is 0 Å². The molecule has 0 radical (unpaired) electrons. The van der Waals surface area contributed by atoms with Crippen LogP contribution in [0.5, 0.6) is 0 Å². The van der Waals surface area contributed by atoms with Crippen LogP contribution >= 0.6 is 0 Å². The molecule has 3 nitrogen and oxygen atoms in total. The topological polar surface area (TPSA) is 36.8 Å². The Morgan fingerprint density at radius 2 is 1.02 bits per heavy atom. The van der Waals surface area contributed by atoms with Crippen LogP contribution in [0.15, 0.2) is 174 Å². The Morgan fingerprint density at radius 1 is 0.456 bits per heavy atom. The molecule has 3 aliphatic carbocycles. The highest BCUT2D eigenvalue weighted by Gasteiger charge is 2.46. The van der Waals surface area contributed by atoms with Gasteiger partial charge in [-0.05, 0) is 103 Å². The van der Waals surface area contributed by atoms with E-state index in [0.717, 1.165) is 28.4 Å². The van der Waals surface area contributed by atoms with Crippen LogP contribution in [-0.4, -0.2) is 11.7 Å². The molecule has 57 heavy (non-hydrogen) atoms. The summed E-state index contributed by atoms with van der Waals surface area (Å²) in [5.41, 5.74) is 19.7. The van der Waals surface area contributed by atoms with Crippen LogP contribution in [0, 0.1) is 0 Å². The quantitative estimate of drug-likeness (QED) is 0.188. The van der Waals surface area contributed by atoms with Gasteiger partial charge in [-0.1, -0.05) is 179 Å². The summed E-state index contributed by atoms with van der Waals surface area (Å²) in [6, 6.07) is 60.0. The maximum atomic E-state index is 5.19. The monoisotopic (exact) mass is 735 g/mol. The summed E-state index contributed by atoms with van der Waals surface area (Å²) < 4.78 is 0. The summed E-state index contributed by atoms with van der Waals surface area (Å²) in [5, 5.41) is 3.62. The van der Waals surface area contributed by atoms with Crippen molar-refractivity contribution in [2.75, 3.05) is 0 Å². The molecule has 276 valence electrons. The van der Waals surface area contributed by atoms with Gasteiger partial charge in [0.15, 0.2) is 5.84 Å². The molecule has 1 saturated carbocycles. The summed E-state index contributed by atoms with van der Waals surface area (Å²) >= 11 is 0. The molecule has 1 N–H and O–H groups in total. The van der Waals surface area contributed by atoms with E-state index in [0.29, 0.717) is 0 Å². The molecule has 1 unspecified atom stereocenters. The van der Waals surface area contributed by atoms with E-state index in [1.807, 2.05) is 6.07 Å². The van der Waals surface area contributed by atoms with E-state index in [-0.39, 0.29) is 17.0 Å². The zero-order chi connectivity index (χ0) is 38.1. The Morgan fingerprint density at radius 3 is 1.77 bits per heavy atom. The molecule has 0 saturated heterocycles. The third-order valence-corrected chi connectivity index (χ3v) is 13.4. The first-order chi connectivity index (χ1) is 28.0. The lowest BCUT2D eigenvalue weighted by molar-refractivity contribution is 0.353. The molecular weight excluding hydrogens is 691 g/mol. The van der Waals surface area contributed by atoms with Crippen molar-refractivity contribution in [1.82, 2.24) is 5.32 Å². The highest BCUT2D eigenvalue weighted by Crippen LogP contribution is 2.60. The Balaban J connectivity index is 0.944. The molecular formula is C54H45N3. The van der Waals surface area contributed by atoms with Crippen molar-refractivity contribution in [3.05, 3.63) is 203 Å². The Bertz CT molecular complexity index is 2730. The smallest absolute Gasteiger partial charge is 0.159 e. The van der Waals surface area contributed by atoms with Crippen molar-refractivity contribution in [2.24, 2.45) is 9.98 Å². The van der Waals surface area contributed by atoms with Gasteiger partial charge in [-0.15, -0.1) is 0 Å². The third kappa shape index (κ3) is 5.47. The summed E-state index contributed by atoms with van der Waals surface area (Å²) in [4.78, 5) is 10.3. The van der Waals surface area contributed by atoms with Gasteiger partial charge in [0.25, 0.3) is 0 Å². The van der Waals surface area contributed by atoms with Crippen LogP contribution in [0.4, 0.5) is 0 Å². The SMILES string of the molecule is CC1(C)c2ccc(-c3ccc(C4=NC(c5ccc(-c6ccccc6)cc5)NC(c5ccccc5)=N4)cc3)cc2-c2cc3c(cc21)-c1ccccc1C31CCCCC1. The average Bonchev–Trinajstić information content (AvgIpc) is 3.66. The van der Waals surface area contributed by atoms with E-state index >= 15 is 0 Å². The van der Waals surface area contributed by atoms with Crippen molar-refractivity contribution in [3.8, 4) is 44.5 Å². The summed E-state index contributed by atoms with van der Waals surface area (Å²) in [5.74, 6) is 1.55. The standard InChI is InChI=1S/C54H45N3/c1-53(2)46-29-28-41(32-43(46)45-34-49-44(33-48(45)53)42-18-10-11-19-47(42)54(49)30-12-5-13-31-54)37-22-26-40(27-23-37)52-56-50(38-16-8-4-9-17-38)55-51(57-52)39-24-20-36(21-25-39)35-14-6-3-7-15-35/h3-4,6-11,14-29,32-34,51H,5,12-13,30-31H2,1-2H3,(H,55,56,57). The molecule has 3 heteroatoms. The minimum Gasteiger partial charge on any atom is -0.344 e. The van der Waals surface area contributed by atoms with Gasteiger partial charge in [0.1, 0.15) is 12.0 Å².